The van der Waals surface area contributed by atoms with Crippen LogP contribution >= 0.6 is 39.0 Å². The highest BCUT2D eigenvalue weighted by molar-refractivity contribution is 9.10. The SMILES string of the molecule is N=C(N)c1ccc(Sc2nncs2)cc1Br. The lowest BCUT2D eigenvalue weighted by molar-refractivity contribution is 1.01. The molecule has 0 saturated heterocycles. The van der Waals surface area contributed by atoms with E-state index in [0.717, 1.165) is 13.7 Å². The van der Waals surface area contributed by atoms with Crippen molar-refractivity contribution in [3.05, 3.63) is 33.7 Å². The fraction of sp³-hybridized carbons (Fsp3) is 0. The van der Waals surface area contributed by atoms with Crippen LogP contribution in [0.15, 0.2) is 37.4 Å². The quantitative estimate of drug-likeness (QED) is 0.674. The molecule has 0 spiro atoms. The number of hydrogen-bond acceptors (Lipinski definition) is 5. The average Bonchev–Trinajstić information content (AvgIpc) is 2.70. The fourth-order valence-corrected chi connectivity index (χ4v) is 3.32. The molecule has 16 heavy (non-hydrogen) atoms. The summed E-state index contributed by atoms with van der Waals surface area (Å²) in [5, 5.41) is 15.1. The molecule has 82 valence electrons. The van der Waals surface area contributed by atoms with E-state index in [4.69, 9.17) is 11.1 Å². The Kier molecular flexibility index (Phi) is 3.57. The molecule has 1 aromatic carbocycles. The van der Waals surface area contributed by atoms with Crippen LogP contribution in [0.2, 0.25) is 0 Å². The molecule has 0 saturated carbocycles. The zero-order valence-corrected chi connectivity index (χ0v) is 11.2. The van der Waals surface area contributed by atoms with Gasteiger partial charge in [0.1, 0.15) is 11.3 Å². The van der Waals surface area contributed by atoms with E-state index in [1.54, 1.807) is 5.51 Å². The summed E-state index contributed by atoms with van der Waals surface area (Å²) >= 11 is 6.41. The van der Waals surface area contributed by atoms with Crippen molar-refractivity contribution in [2.75, 3.05) is 0 Å². The van der Waals surface area contributed by atoms with Crippen LogP contribution in [0.25, 0.3) is 0 Å². The third-order valence-electron chi connectivity index (χ3n) is 1.78. The normalized spacial score (nSPS) is 10.3. The second kappa shape index (κ2) is 4.94. The third-order valence-corrected chi connectivity index (χ3v) is 4.20. The molecule has 3 N–H and O–H groups in total. The van der Waals surface area contributed by atoms with E-state index in [0.29, 0.717) is 5.56 Å². The third kappa shape index (κ3) is 2.60. The van der Waals surface area contributed by atoms with Gasteiger partial charge in [0.25, 0.3) is 0 Å². The number of nitrogen functional groups attached to an aromatic ring is 1. The Hall–Kier alpha value is -0.920. The summed E-state index contributed by atoms with van der Waals surface area (Å²) in [5.74, 6) is 0.0549. The molecule has 2 rings (SSSR count). The van der Waals surface area contributed by atoms with Crippen LogP contribution in [-0.2, 0) is 0 Å². The van der Waals surface area contributed by atoms with Crippen molar-refractivity contribution >= 4 is 44.9 Å². The van der Waals surface area contributed by atoms with E-state index in [1.807, 2.05) is 18.2 Å². The highest BCUT2D eigenvalue weighted by Gasteiger charge is 2.06. The van der Waals surface area contributed by atoms with E-state index in [9.17, 15) is 0 Å². The zero-order valence-electron chi connectivity index (χ0n) is 7.98. The van der Waals surface area contributed by atoms with Gasteiger partial charge in [-0.2, -0.15) is 0 Å². The van der Waals surface area contributed by atoms with Gasteiger partial charge in [0, 0.05) is 14.9 Å². The molecule has 4 nitrogen and oxygen atoms in total. The van der Waals surface area contributed by atoms with E-state index >= 15 is 0 Å². The first-order valence-corrected chi connectivity index (χ1v) is 6.73. The minimum atomic E-state index is 0.0549. The Morgan fingerprint density at radius 1 is 1.50 bits per heavy atom. The summed E-state index contributed by atoms with van der Waals surface area (Å²) in [6, 6.07) is 5.64. The first kappa shape index (κ1) is 11.6. The lowest BCUT2D eigenvalue weighted by Gasteiger charge is -2.04. The predicted octanol–water partition coefficient (Wildman–Crippen LogP) is 2.74. The highest BCUT2D eigenvalue weighted by Crippen LogP contribution is 2.31. The largest absolute Gasteiger partial charge is 0.384 e. The number of nitrogens with zero attached hydrogens (tertiary/aromatic N) is 2. The summed E-state index contributed by atoms with van der Waals surface area (Å²) in [6.45, 7) is 0. The number of hydrogen-bond donors (Lipinski definition) is 2. The van der Waals surface area contributed by atoms with Gasteiger partial charge in [0.2, 0.25) is 0 Å². The first-order chi connectivity index (χ1) is 7.66. The summed E-state index contributed by atoms with van der Waals surface area (Å²) < 4.78 is 1.71. The molecular formula is C9H7BrN4S2. The Bertz CT molecular complexity index is 512. The topological polar surface area (TPSA) is 75.7 Å². The van der Waals surface area contributed by atoms with E-state index in [-0.39, 0.29) is 5.84 Å². The van der Waals surface area contributed by atoms with Gasteiger partial charge in [-0.1, -0.05) is 23.1 Å². The first-order valence-electron chi connectivity index (χ1n) is 4.25. The molecule has 7 heteroatoms. The maximum absolute atomic E-state index is 7.36. The molecule has 0 radical (unpaired) electrons. The summed E-state index contributed by atoms with van der Waals surface area (Å²) in [4.78, 5) is 1.04. The number of aromatic nitrogens is 2. The lowest BCUT2D eigenvalue weighted by Crippen LogP contribution is -2.11. The molecule has 1 aromatic heterocycles. The van der Waals surface area contributed by atoms with Gasteiger partial charge >= 0.3 is 0 Å². The van der Waals surface area contributed by atoms with E-state index in [2.05, 4.69) is 26.1 Å². The van der Waals surface area contributed by atoms with Crippen molar-refractivity contribution in [2.45, 2.75) is 9.24 Å². The molecule has 0 amide bonds. The molecule has 0 aliphatic carbocycles. The molecule has 0 unspecified atom stereocenters. The van der Waals surface area contributed by atoms with Crippen LogP contribution < -0.4 is 5.73 Å². The van der Waals surface area contributed by atoms with Gasteiger partial charge in [-0.25, -0.2) is 0 Å². The maximum Gasteiger partial charge on any atom is 0.178 e. The van der Waals surface area contributed by atoms with Gasteiger partial charge in [-0.3, -0.25) is 5.41 Å². The maximum atomic E-state index is 7.36. The molecule has 1 heterocycles. The number of amidine groups is 1. The number of halogens is 1. The molecule has 0 aliphatic heterocycles. The van der Waals surface area contributed by atoms with Crippen molar-refractivity contribution in [2.24, 2.45) is 5.73 Å². The number of nitrogens with two attached hydrogens (primary N) is 1. The minimum absolute atomic E-state index is 0.0549. The number of nitrogens with one attached hydrogen (secondary N) is 1. The van der Waals surface area contributed by atoms with E-state index in [1.165, 1.54) is 23.1 Å². The number of rotatable bonds is 3. The number of benzene rings is 1. The summed E-state index contributed by atoms with van der Waals surface area (Å²) in [7, 11) is 0. The molecule has 2 aromatic rings. The zero-order chi connectivity index (χ0) is 11.5. The van der Waals surface area contributed by atoms with Crippen LogP contribution in [0.1, 0.15) is 5.56 Å². The monoisotopic (exact) mass is 314 g/mol. The van der Waals surface area contributed by atoms with Gasteiger partial charge in [0.15, 0.2) is 4.34 Å². The Balaban J connectivity index is 2.24. The Labute approximate surface area is 109 Å². The molecule has 0 fully saturated rings. The standard InChI is InChI=1S/C9H7BrN4S2/c10-7-3-5(1-2-6(7)8(11)12)16-9-14-13-4-15-9/h1-4H,(H3,11,12). The van der Waals surface area contributed by atoms with Crippen molar-refractivity contribution in [1.82, 2.24) is 10.2 Å². The molecule has 0 bridgehead atoms. The van der Waals surface area contributed by atoms with Gasteiger partial charge < -0.3 is 5.73 Å². The Morgan fingerprint density at radius 2 is 2.31 bits per heavy atom. The van der Waals surface area contributed by atoms with Gasteiger partial charge in [0.05, 0.1) is 0 Å². The second-order valence-electron chi connectivity index (χ2n) is 2.86. The smallest absolute Gasteiger partial charge is 0.178 e. The van der Waals surface area contributed by atoms with E-state index < -0.39 is 0 Å². The van der Waals surface area contributed by atoms with Crippen molar-refractivity contribution in [3.8, 4) is 0 Å². The van der Waals surface area contributed by atoms with Crippen molar-refractivity contribution in [1.29, 1.82) is 5.41 Å². The van der Waals surface area contributed by atoms with Gasteiger partial charge in [-0.15, -0.1) is 10.2 Å². The molecule has 0 aliphatic rings. The average molecular weight is 315 g/mol. The van der Waals surface area contributed by atoms with Crippen LogP contribution in [-0.4, -0.2) is 16.0 Å². The summed E-state index contributed by atoms with van der Waals surface area (Å²) in [6.07, 6.45) is 0. The lowest BCUT2D eigenvalue weighted by atomic mass is 10.2. The minimum Gasteiger partial charge on any atom is -0.384 e. The van der Waals surface area contributed by atoms with Crippen LogP contribution in [0.5, 0.6) is 0 Å². The Morgan fingerprint density at radius 3 is 2.88 bits per heavy atom. The molecule has 0 atom stereocenters. The summed E-state index contributed by atoms with van der Waals surface area (Å²) in [5.41, 5.74) is 7.82. The predicted molar refractivity (Wildman–Crippen MR) is 69.2 cm³/mol. The van der Waals surface area contributed by atoms with Crippen molar-refractivity contribution < 1.29 is 0 Å². The fourth-order valence-electron chi connectivity index (χ4n) is 1.09. The molecular weight excluding hydrogens is 308 g/mol. The van der Waals surface area contributed by atoms with Crippen LogP contribution in [0.3, 0.4) is 0 Å². The van der Waals surface area contributed by atoms with Gasteiger partial charge in [-0.05, 0) is 34.1 Å². The van der Waals surface area contributed by atoms with Crippen molar-refractivity contribution in [3.63, 3.8) is 0 Å². The van der Waals surface area contributed by atoms with Crippen LogP contribution in [0.4, 0.5) is 0 Å². The second-order valence-corrected chi connectivity index (χ2v) is 5.87. The van der Waals surface area contributed by atoms with Crippen LogP contribution in [0, 0.1) is 5.41 Å². The highest BCUT2D eigenvalue weighted by atomic mass is 79.9.